The molecule has 0 aliphatic rings. The highest BCUT2D eigenvalue weighted by Crippen LogP contribution is 2.14. The summed E-state index contributed by atoms with van der Waals surface area (Å²) < 4.78 is 1.08. The van der Waals surface area contributed by atoms with Crippen molar-refractivity contribution in [3.05, 3.63) is 45.7 Å². The van der Waals surface area contributed by atoms with Crippen molar-refractivity contribution in [1.29, 1.82) is 0 Å². The van der Waals surface area contributed by atoms with Gasteiger partial charge in [0, 0.05) is 15.8 Å². The number of amides is 1. The molecular weight excluding hydrogens is 274 g/mol. The van der Waals surface area contributed by atoms with E-state index in [4.69, 9.17) is 11.6 Å². The fourth-order valence-electron chi connectivity index (χ4n) is 1.36. The zero-order chi connectivity index (χ0) is 13.8. The number of nitrogens with zero attached hydrogens (tertiary/aromatic N) is 4. The Labute approximate surface area is 112 Å². The molecular formula is C10H8ClN5O3. The van der Waals surface area contributed by atoms with Crippen LogP contribution in [0.1, 0.15) is 0 Å². The number of anilines is 1. The SMILES string of the molecule is O=C(Cn1cnc([N+](=O)[O-])n1)Nc1cccc(Cl)c1. The van der Waals surface area contributed by atoms with E-state index >= 15 is 0 Å². The highest BCUT2D eigenvalue weighted by atomic mass is 35.5. The van der Waals surface area contributed by atoms with Crippen LogP contribution in [-0.4, -0.2) is 25.6 Å². The number of hydrogen-bond acceptors (Lipinski definition) is 5. The van der Waals surface area contributed by atoms with Gasteiger partial charge in [-0.15, -0.1) is 0 Å². The number of rotatable bonds is 4. The second-order valence-corrected chi connectivity index (χ2v) is 3.99. The number of halogens is 1. The summed E-state index contributed by atoms with van der Waals surface area (Å²) in [6, 6.07) is 6.63. The Bertz CT molecular complexity index is 627. The van der Waals surface area contributed by atoms with Crippen molar-refractivity contribution in [2.24, 2.45) is 0 Å². The number of nitrogens with one attached hydrogen (secondary N) is 1. The van der Waals surface area contributed by atoms with Gasteiger partial charge < -0.3 is 15.4 Å². The van der Waals surface area contributed by atoms with E-state index in [0.717, 1.165) is 11.0 Å². The lowest BCUT2D eigenvalue weighted by molar-refractivity contribution is -0.394. The van der Waals surface area contributed by atoms with Crippen molar-refractivity contribution in [3.8, 4) is 0 Å². The molecule has 1 amide bonds. The zero-order valence-corrected chi connectivity index (χ0v) is 10.2. The maximum atomic E-state index is 11.7. The molecule has 0 aliphatic carbocycles. The molecule has 2 aromatic rings. The number of benzene rings is 1. The largest absolute Gasteiger partial charge is 0.490 e. The highest BCUT2D eigenvalue weighted by Gasteiger charge is 2.15. The molecule has 0 spiro atoms. The van der Waals surface area contributed by atoms with E-state index in [1.165, 1.54) is 0 Å². The zero-order valence-electron chi connectivity index (χ0n) is 9.49. The first-order valence-electron chi connectivity index (χ1n) is 5.14. The van der Waals surface area contributed by atoms with Gasteiger partial charge in [0.25, 0.3) is 0 Å². The van der Waals surface area contributed by atoms with Crippen molar-refractivity contribution in [3.63, 3.8) is 0 Å². The molecule has 0 bridgehead atoms. The van der Waals surface area contributed by atoms with Gasteiger partial charge in [0.1, 0.15) is 6.54 Å². The Morgan fingerprint density at radius 2 is 2.32 bits per heavy atom. The minimum atomic E-state index is -0.731. The van der Waals surface area contributed by atoms with Gasteiger partial charge in [-0.2, -0.15) is 4.68 Å². The first-order chi connectivity index (χ1) is 9.04. The van der Waals surface area contributed by atoms with Crippen molar-refractivity contribution in [2.45, 2.75) is 6.54 Å². The summed E-state index contributed by atoms with van der Waals surface area (Å²) in [5.74, 6) is -0.933. The first-order valence-corrected chi connectivity index (χ1v) is 5.51. The lowest BCUT2D eigenvalue weighted by atomic mass is 10.3. The molecule has 2 rings (SSSR count). The third kappa shape index (κ3) is 3.49. The molecule has 0 radical (unpaired) electrons. The Kier molecular flexibility index (Phi) is 3.71. The molecule has 1 heterocycles. The second kappa shape index (κ2) is 5.44. The summed E-state index contributed by atoms with van der Waals surface area (Å²) in [7, 11) is 0. The molecule has 0 saturated heterocycles. The smallest absolute Gasteiger partial charge is 0.390 e. The average molecular weight is 282 g/mol. The molecule has 0 aliphatic heterocycles. The summed E-state index contributed by atoms with van der Waals surface area (Å²) >= 11 is 5.77. The molecule has 0 atom stereocenters. The monoisotopic (exact) mass is 281 g/mol. The molecule has 8 nitrogen and oxygen atoms in total. The van der Waals surface area contributed by atoms with Crippen LogP contribution < -0.4 is 5.32 Å². The van der Waals surface area contributed by atoms with Gasteiger partial charge in [0.15, 0.2) is 0 Å². The maximum absolute atomic E-state index is 11.7. The molecule has 98 valence electrons. The van der Waals surface area contributed by atoms with Gasteiger partial charge >= 0.3 is 5.95 Å². The van der Waals surface area contributed by atoms with E-state index in [1.54, 1.807) is 24.3 Å². The van der Waals surface area contributed by atoms with Crippen LogP contribution in [0.25, 0.3) is 0 Å². The minimum absolute atomic E-state index is 0.173. The molecule has 0 saturated carbocycles. The third-order valence-corrected chi connectivity index (χ3v) is 2.34. The van der Waals surface area contributed by atoms with Crippen LogP contribution in [0.3, 0.4) is 0 Å². The fraction of sp³-hybridized carbons (Fsp3) is 0.100. The number of nitro groups is 1. The predicted octanol–water partition coefficient (Wildman–Crippen LogP) is 1.48. The summed E-state index contributed by atoms with van der Waals surface area (Å²) in [6.45, 7) is -0.173. The van der Waals surface area contributed by atoms with Crippen molar-refractivity contribution < 1.29 is 9.72 Å². The lowest BCUT2D eigenvalue weighted by Gasteiger charge is -2.03. The Morgan fingerprint density at radius 3 is 2.95 bits per heavy atom. The Morgan fingerprint density at radius 1 is 1.53 bits per heavy atom. The van der Waals surface area contributed by atoms with Crippen molar-refractivity contribution in [2.75, 3.05) is 5.32 Å². The van der Waals surface area contributed by atoms with E-state index in [9.17, 15) is 14.9 Å². The van der Waals surface area contributed by atoms with Gasteiger partial charge in [0.2, 0.25) is 12.2 Å². The van der Waals surface area contributed by atoms with Crippen LogP contribution in [0.15, 0.2) is 30.6 Å². The van der Waals surface area contributed by atoms with Crippen LogP contribution in [-0.2, 0) is 11.3 Å². The predicted molar refractivity (Wildman–Crippen MR) is 66.8 cm³/mol. The summed E-state index contributed by atoms with van der Waals surface area (Å²) in [5.41, 5.74) is 0.534. The first kappa shape index (κ1) is 13.0. The van der Waals surface area contributed by atoms with Crippen LogP contribution in [0, 0.1) is 10.1 Å². The minimum Gasteiger partial charge on any atom is -0.390 e. The Hall–Kier alpha value is -2.48. The lowest BCUT2D eigenvalue weighted by Crippen LogP contribution is -2.19. The van der Waals surface area contributed by atoms with Crippen molar-refractivity contribution >= 4 is 29.1 Å². The molecule has 1 aromatic heterocycles. The fourth-order valence-corrected chi connectivity index (χ4v) is 1.55. The average Bonchev–Trinajstić information content (AvgIpc) is 2.77. The second-order valence-electron chi connectivity index (χ2n) is 3.56. The van der Waals surface area contributed by atoms with E-state index in [2.05, 4.69) is 15.4 Å². The standard InChI is InChI=1S/C10H8ClN5O3/c11-7-2-1-3-8(4-7)13-9(17)5-15-6-12-10(14-15)16(18)19/h1-4,6H,5H2,(H,13,17). The molecule has 0 fully saturated rings. The third-order valence-electron chi connectivity index (χ3n) is 2.10. The van der Waals surface area contributed by atoms with Gasteiger partial charge in [-0.1, -0.05) is 22.7 Å². The molecule has 1 aromatic carbocycles. The Balaban J connectivity index is 1.99. The summed E-state index contributed by atoms with van der Waals surface area (Å²) in [6.07, 6.45) is 1.12. The van der Waals surface area contributed by atoms with E-state index in [1.807, 2.05) is 0 Å². The molecule has 0 unspecified atom stereocenters. The van der Waals surface area contributed by atoms with Gasteiger partial charge in [-0.25, -0.2) is 0 Å². The van der Waals surface area contributed by atoms with Crippen molar-refractivity contribution in [1.82, 2.24) is 14.8 Å². The highest BCUT2D eigenvalue weighted by molar-refractivity contribution is 6.30. The number of aromatic nitrogens is 3. The van der Waals surface area contributed by atoms with E-state index < -0.39 is 10.9 Å². The topological polar surface area (TPSA) is 103 Å². The van der Waals surface area contributed by atoms with Crippen LogP contribution in [0.4, 0.5) is 11.6 Å². The van der Waals surface area contributed by atoms with Gasteiger partial charge in [0.05, 0.1) is 0 Å². The molecule has 19 heavy (non-hydrogen) atoms. The quantitative estimate of drug-likeness (QED) is 0.675. The number of carbonyl (C=O) groups is 1. The van der Waals surface area contributed by atoms with Crippen LogP contribution in [0.5, 0.6) is 0 Å². The molecule has 1 N–H and O–H groups in total. The van der Waals surface area contributed by atoms with E-state index in [-0.39, 0.29) is 12.5 Å². The summed E-state index contributed by atoms with van der Waals surface area (Å²) in [4.78, 5) is 24.8. The summed E-state index contributed by atoms with van der Waals surface area (Å²) in [5, 5.41) is 17.0. The van der Waals surface area contributed by atoms with Gasteiger partial charge in [-0.05, 0) is 23.1 Å². The van der Waals surface area contributed by atoms with Crippen LogP contribution in [0.2, 0.25) is 5.02 Å². The van der Waals surface area contributed by atoms with Crippen LogP contribution >= 0.6 is 11.6 Å². The maximum Gasteiger partial charge on any atom is 0.490 e. The molecule has 9 heteroatoms. The normalized spacial score (nSPS) is 10.2. The number of carbonyl (C=O) groups excluding carboxylic acids is 1. The van der Waals surface area contributed by atoms with Gasteiger partial charge in [-0.3, -0.25) is 4.79 Å². The number of hydrogen-bond donors (Lipinski definition) is 1. The van der Waals surface area contributed by atoms with E-state index in [0.29, 0.717) is 10.7 Å².